The molecule has 6 heteroatoms. The van der Waals surface area contributed by atoms with Gasteiger partial charge in [0.15, 0.2) is 0 Å². The van der Waals surface area contributed by atoms with Gasteiger partial charge in [-0.05, 0) is 6.07 Å². The highest BCUT2D eigenvalue weighted by molar-refractivity contribution is 7.99. The summed E-state index contributed by atoms with van der Waals surface area (Å²) in [5.41, 5.74) is 5.80. The summed E-state index contributed by atoms with van der Waals surface area (Å²) >= 11 is 1.22. The molecular weight excluding hydrogens is 245 g/mol. The second-order valence-electron chi connectivity index (χ2n) is 3.20. The van der Waals surface area contributed by atoms with Gasteiger partial charge in [0.25, 0.3) is 0 Å². The van der Waals surface area contributed by atoms with Crippen LogP contribution in [-0.2, 0) is 9.53 Å². The fourth-order valence-corrected chi connectivity index (χ4v) is 2.06. The van der Waals surface area contributed by atoms with Crippen LogP contribution in [0, 0.1) is 5.82 Å². The Morgan fingerprint density at radius 1 is 1.47 bits per heavy atom. The van der Waals surface area contributed by atoms with Crippen molar-refractivity contribution >= 4 is 23.4 Å². The molecule has 17 heavy (non-hydrogen) atoms. The maximum atomic E-state index is 13.5. The first-order valence-corrected chi connectivity index (χ1v) is 5.89. The minimum atomic E-state index is -0.418. The monoisotopic (exact) mass is 259 g/mol. The third-order valence-electron chi connectivity index (χ3n) is 2.08. The average Bonchev–Trinajstić information content (AvgIpc) is 2.31. The molecule has 0 saturated carbocycles. The molecule has 0 atom stereocenters. The molecule has 1 aromatic rings. The van der Waals surface area contributed by atoms with Gasteiger partial charge in [-0.15, -0.1) is 11.8 Å². The largest absolute Gasteiger partial charge is 0.495 e. The summed E-state index contributed by atoms with van der Waals surface area (Å²) in [6.45, 7) is 0. The van der Waals surface area contributed by atoms with Crippen molar-refractivity contribution in [1.82, 2.24) is 0 Å². The number of carbonyl (C=O) groups excluding carboxylic acids is 1. The summed E-state index contributed by atoms with van der Waals surface area (Å²) in [5, 5.41) is 0. The lowest BCUT2D eigenvalue weighted by molar-refractivity contribution is -0.140. The zero-order valence-corrected chi connectivity index (χ0v) is 10.5. The molecule has 0 aliphatic carbocycles. The number of rotatable bonds is 5. The van der Waals surface area contributed by atoms with Gasteiger partial charge < -0.3 is 15.2 Å². The van der Waals surface area contributed by atoms with E-state index in [-0.39, 0.29) is 18.1 Å². The second-order valence-corrected chi connectivity index (χ2v) is 4.34. The number of anilines is 1. The fourth-order valence-electron chi connectivity index (χ4n) is 1.18. The molecule has 0 aliphatic rings. The van der Waals surface area contributed by atoms with Gasteiger partial charge in [0.1, 0.15) is 11.6 Å². The van der Waals surface area contributed by atoms with Gasteiger partial charge in [-0.25, -0.2) is 4.39 Å². The first-order chi connectivity index (χ1) is 8.08. The van der Waals surface area contributed by atoms with Crippen LogP contribution in [0.25, 0.3) is 0 Å². The maximum absolute atomic E-state index is 13.5. The molecule has 94 valence electrons. The third-order valence-corrected chi connectivity index (χ3v) is 3.11. The summed E-state index contributed by atoms with van der Waals surface area (Å²) in [7, 11) is 2.78. The number of ether oxygens (including phenoxy) is 2. The Hall–Kier alpha value is -1.43. The summed E-state index contributed by atoms with van der Waals surface area (Å²) in [4.78, 5) is 11.3. The number of carbonyl (C=O) groups is 1. The van der Waals surface area contributed by atoms with Crippen molar-refractivity contribution in [2.24, 2.45) is 0 Å². The number of benzene rings is 1. The van der Waals surface area contributed by atoms with Crippen molar-refractivity contribution in [2.75, 3.05) is 25.7 Å². The normalized spacial score (nSPS) is 10.1. The predicted octanol–water partition coefficient (Wildman–Crippen LogP) is 2.07. The Kier molecular flexibility index (Phi) is 5.09. The summed E-state index contributed by atoms with van der Waals surface area (Å²) in [5.74, 6) is 0.127. The number of hydrogen-bond donors (Lipinski definition) is 1. The van der Waals surface area contributed by atoms with Gasteiger partial charge in [0.05, 0.1) is 26.3 Å². The fraction of sp³-hybridized carbons (Fsp3) is 0.364. The van der Waals surface area contributed by atoms with E-state index in [2.05, 4.69) is 4.74 Å². The zero-order chi connectivity index (χ0) is 12.8. The number of halogens is 1. The van der Waals surface area contributed by atoms with Crippen molar-refractivity contribution in [1.29, 1.82) is 0 Å². The van der Waals surface area contributed by atoms with E-state index >= 15 is 0 Å². The van der Waals surface area contributed by atoms with E-state index < -0.39 is 5.82 Å². The lowest BCUT2D eigenvalue weighted by Crippen LogP contribution is -2.01. The first kappa shape index (κ1) is 13.6. The molecule has 1 rings (SSSR count). The van der Waals surface area contributed by atoms with Crippen LogP contribution in [0.5, 0.6) is 5.75 Å². The number of esters is 1. The van der Waals surface area contributed by atoms with Crippen LogP contribution in [0.1, 0.15) is 6.42 Å². The maximum Gasteiger partial charge on any atom is 0.306 e. The molecule has 4 nitrogen and oxygen atoms in total. The summed E-state index contributed by atoms with van der Waals surface area (Å²) < 4.78 is 23.0. The molecule has 0 unspecified atom stereocenters. The van der Waals surface area contributed by atoms with Crippen LogP contribution < -0.4 is 10.5 Å². The number of methoxy groups -OCH3 is 2. The van der Waals surface area contributed by atoms with Crippen LogP contribution in [0.15, 0.2) is 17.0 Å². The first-order valence-electron chi connectivity index (χ1n) is 4.91. The third kappa shape index (κ3) is 3.81. The van der Waals surface area contributed by atoms with Crippen LogP contribution in [0.3, 0.4) is 0 Å². The van der Waals surface area contributed by atoms with Gasteiger partial charge in [-0.2, -0.15) is 0 Å². The second kappa shape index (κ2) is 6.34. The zero-order valence-electron chi connectivity index (χ0n) is 9.66. The Morgan fingerprint density at radius 2 is 2.18 bits per heavy atom. The molecule has 0 bridgehead atoms. The molecule has 2 N–H and O–H groups in total. The average molecular weight is 259 g/mol. The minimum Gasteiger partial charge on any atom is -0.495 e. The van der Waals surface area contributed by atoms with Gasteiger partial charge in [-0.1, -0.05) is 0 Å². The Balaban J connectivity index is 2.67. The SMILES string of the molecule is COC(=O)CCSc1cc(OC)c(N)cc1F. The van der Waals surface area contributed by atoms with E-state index in [0.717, 1.165) is 0 Å². The number of nitrogens with two attached hydrogens (primary N) is 1. The molecule has 0 aliphatic heterocycles. The summed E-state index contributed by atoms with van der Waals surface area (Å²) in [6, 6.07) is 2.73. The lowest BCUT2D eigenvalue weighted by atomic mass is 10.3. The van der Waals surface area contributed by atoms with E-state index in [9.17, 15) is 9.18 Å². The molecule has 0 spiro atoms. The Bertz CT molecular complexity index is 412. The molecule has 1 aromatic carbocycles. The lowest BCUT2D eigenvalue weighted by Gasteiger charge is -2.08. The molecule has 0 heterocycles. The minimum absolute atomic E-state index is 0.229. The quantitative estimate of drug-likeness (QED) is 0.498. The van der Waals surface area contributed by atoms with Crippen LogP contribution in [-0.4, -0.2) is 25.9 Å². The Morgan fingerprint density at radius 3 is 2.76 bits per heavy atom. The van der Waals surface area contributed by atoms with Crippen molar-refractivity contribution in [3.05, 3.63) is 17.9 Å². The van der Waals surface area contributed by atoms with E-state index in [1.807, 2.05) is 0 Å². The Labute approximate surface area is 103 Å². The topological polar surface area (TPSA) is 61.5 Å². The number of thioether (sulfide) groups is 1. The standard InChI is InChI=1S/C11H14FNO3S/c1-15-9-6-10(7(12)5-8(9)13)17-4-3-11(14)16-2/h5-6H,3-4,13H2,1-2H3. The van der Waals surface area contributed by atoms with Gasteiger partial charge in [0, 0.05) is 16.7 Å². The van der Waals surface area contributed by atoms with E-state index in [1.165, 1.54) is 38.1 Å². The molecule has 0 radical (unpaired) electrons. The van der Waals surface area contributed by atoms with E-state index in [0.29, 0.717) is 16.4 Å². The van der Waals surface area contributed by atoms with Gasteiger partial charge in [-0.3, -0.25) is 4.79 Å². The van der Waals surface area contributed by atoms with Crippen molar-refractivity contribution in [3.63, 3.8) is 0 Å². The summed E-state index contributed by atoms with van der Waals surface area (Å²) in [6.07, 6.45) is 0.229. The van der Waals surface area contributed by atoms with Crippen LogP contribution in [0.2, 0.25) is 0 Å². The molecule has 0 fully saturated rings. The van der Waals surface area contributed by atoms with Crippen LogP contribution >= 0.6 is 11.8 Å². The molecule has 0 saturated heterocycles. The molecular formula is C11H14FNO3S. The van der Waals surface area contributed by atoms with Gasteiger partial charge in [0.2, 0.25) is 0 Å². The highest BCUT2D eigenvalue weighted by Gasteiger charge is 2.09. The van der Waals surface area contributed by atoms with Crippen molar-refractivity contribution in [2.45, 2.75) is 11.3 Å². The van der Waals surface area contributed by atoms with Crippen molar-refractivity contribution < 1.29 is 18.7 Å². The molecule has 0 amide bonds. The highest BCUT2D eigenvalue weighted by atomic mass is 32.2. The number of nitrogen functional groups attached to an aromatic ring is 1. The predicted molar refractivity (Wildman–Crippen MR) is 64.7 cm³/mol. The smallest absolute Gasteiger partial charge is 0.306 e. The van der Waals surface area contributed by atoms with E-state index in [4.69, 9.17) is 10.5 Å². The van der Waals surface area contributed by atoms with Crippen molar-refractivity contribution in [3.8, 4) is 5.75 Å². The molecule has 0 aromatic heterocycles. The van der Waals surface area contributed by atoms with E-state index in [1.54, 1.807) is 0 Å². The van der Waals surface area contributed by atoms with Crippen LogP contribution in [0.4, 0.5) is 10.1 Å². The number of hydrogen-bond acceptors (Lipinski definition) is 5. The van der Waals surface area contributed by atoms with Gasteiger partial charge >= 0.3 is 5.97 Å². The highest BCUT2D eigenvalue weighted by Crippen LogP contribution is 2.31.